The lowest BCUT2D eigenvalue weighted by molar-refractivity contribution is 0.139. The van der Waals surface area contributed by atoms with Crippen LogP contribution in [0, 0.1) is 0 Å². The first-order chi connectivity index (χ1) is 14.5. The maximum Gasteiger partial charge on any atom is 0.161 e. The maximum atomic E-state index is 10.6. The second kappa shape index (κ2) is 10.9. The van der Waals surface area contributed by atoms with Gasteiger partial charge in [-0.25, -0.2) is 0 Å². The third-order valence-corrected chi connectivity index (χ3v) is 6.52. The summed E-state index contributed by atoms with van der Waals surface area (Å²) < 4.78 is 10.6. The number of hydrogen-bond donors (Lipinski definition) is 1. The molecule has 6 heteroatoms. The van der Waals surface area contributed by atoms with Gasteiger partial charge < -0.3 is 19.5 Å². The third kappa shape index (κ3) is 5.84. The Bertz CT molecular complexity index is 807. The van der Waals surface area contributed by atoms with Crippen molar-refractivity contribution in [3.05, 3.63) is 48.0 Å². The number of piperazine rings is 1. The van der Waals surface area contributed by atoms with Crippen LogP contribution in [-0.2, 0) is 0 Å². The van der Waals surface area contributed by atoms with Crippen molar-refractivity contribution in [2.24, 2.45) is 0 Å². The Kier molecular flexibility index (Phi) is 8.31. The molecule has 1 atom stereocenters. The minimum absolute atomic E-state index is 0.508. The molecule has 0 saturated carbocycles. The highest BCUT2D eigenvalue weighted by atomic mass is 32.2. The van der Waals surface area contributed by atoms with Gasteiger partial charge in [0.1, 0.15) is 0 Å². The van der Waals surface area contributed by atoms with Crippen LogP contribution in [0.3, 0.4) is 0 Å². The molecule has 1 fully saturated rings. The smallest absolute Gasteiger partial charge is 0.161 e. The number of thioether (sulfide) groups is 1. The van der Waals surface area contributed by atoms with E-state index < -0.39 is 6.10 Å². The van der Waals surface area contributed by atoms with Crippen molar-refractivity contribution in [1.29, 1.82) is 0 Å². The zero-order valence-electron chi connectivity index (χ0n) is 18.5. The number of ether oxygens (including phenoxy) is 2. The van der Waals surface area contributed by atoms with Crippen LogP contribution in [0.25, 0.3) is 0 Å². The summed E-state index contributed by atoms with van der Waals surface area (Å²) in [5.41, 5.74) is 2.21. The van der Waals surface area contributed by atoms with E-state index in [1.54, 1.807) is 14.2 Å². The molecule has 0 radical (unpaired) electrons. The van der Waals surface area contributed by atoms with Crippen LogP contribution in [0.5, 0.6) is 11.5 Å². The highest BCUT2D eigenvalue weighted by Crippen LogP contribution is 2.34. The van der Waals surface area contributed by atoms with Gasteiger partial charge in [0.15, 0.2) is 11.5 Å². The predicted octanol–water partition coefficient (Wildman–Crippen LogP) is 4.45. The largest absolute Gasteiger partial charge is 0.493 e. The van der Waals surface area contributed by atoms with Crippen LogP contribution in [0.2, 0.25) is 0 Å². The molecule has 1 heterocycles. The minimum Gasteiger partial charge on any atom is -0.493 e. The Morgan fingerprint density at radius 2 is 1.67 bits per heavy atom. The average molecular weight is 431 g/mol. The Balaban J connectivity index is 1.52. The van der Waals surface area contributed by atoms with Crippen LogP contribution in [0.1, 0.15) is 31.9 Å². The summed E-state index contributed by atoms with van der Waals surface area (Å²) in [5.74, 6) is 1.33. The van der Waals surface area contributed by atoms with Gasteiger partial charge in [-0.1, -0.05) is 32.0 Å². The van der Waals surface area contributed by atoms with Crippen molar-refractivity contribution in [2.75, 3.05) is 51.8 Å². The fourth-order valence-corrected chi connectivity index (χ4v) is 4.80. The second-order valence-electron chi connectivity index (χ2n) is 7.88. The van der Waals surface area contributed by atoms with E-state index in [4.69, 9.17) is 9.47 Å². The summed E-state index contributed by atoms with van der Waals surface area (Å²) in [6, 6.07) is 14.3. The number of nitrogens with zero attached hydrogens (tertiary/aromatic N) is 2. The summed E-state index contributed by atoms with van der Waals surface area (Å²) in [4.78, 5) is 6.30. The van der Waals surface area contributed by atoms with E-state index in [0.717, 1.165) is 38.3 Å². The third-order valence-electron chi connectivity index (χ3n) is 5.45. The fourth-order valence-electron chi connectivity index (χ4n) is 3.82. The predicted molar refractivity (Wildman–Crippen MR) is 125 cm³/mol. The molecule has 0 bridgehead atoms. The van der Waals surface area contributed by atoms with E-state index in [2.05, 4.69) is 47.9 Å². The van der Waals surface area contributed by atoms with E-state index in [9.17, 15) is 5.11 Å². The molecule has 2 aromatic rings. The Morgan fingerprint density at radius 3 is 2.33 bits per heavy atom. The first-order valence-electron chi connectivity index (χ1n) is 10.6. The molecule has 0 unspecified atom stereocenters. The lowest BCUT2D eigenvalue weighted by atomic mass is 10.1. The van der Waals surface area contributed by atoms with E-state index >= 15 is 0 Å². The van der Waals surface area contributed by atoms with Crippen molar-refractivity contribution in [2.45, 2.75) is 36.5 Å². The van der Waals surface area contributed by atoms with Crippen LogP contribution < -0.4 is 14.4 Å². The number of methoxy groups -OCH3 is 2. The normalized spacial score (nSPS) is 16.0. The van der Waals surface area contributed by atoms with Gasteiger partial charge in [-0.3, -0.25) is 4.90 Å². The Morgan fingerprint density at radius 1 is 0.967 bits per heavy atom. The number of para-hydroxylation sites is 1. The highest BCUT2D eigenvalue weighted by molar-refractivity contribution is 8.00. The Labute approximate surface area is 185 Å². The van der Waals surface area contributed by atoms with Crippen molar-refractivity contribution >= 4 is 17.4 Å². The first-order valence-corrected chi connectivity index (χ1v) is 11.5. The van der Waals surface area contributed by atoms with Crippen LogP contribution in [0.15, 0.2) is 47.4 Å². The highest BCUT2D eigenvalue weighted by Gasteiger charge is 2.21. The maximum absolute atomic E-state index is 10.6. The molecule has 1 aliphatic rings. The summed E-state index contributed by atoms with van der Waals surface area (Å²) in [7, 11) is 3.23. The molecule has 0 aromatic heterocycles. The SMILES string of the molecule is COc1ccc([C@@H](O)CCN2CCN(c3ccccc3SC(C)C)CC2)cc1OC. The molecule has 1 aliphatic heterocycles. The van der Waals surface area contributed by atoms with E-state index in [-0.39, 0.29) is 0 Å². The zero-order valence-corrected chi connectivity index (χ0v) is 19.3. The first kappa shape index (κ1) is 22.8. The molecular weight excluding hydrogens is 396 g/mol. The molecule has 0 spiro atoms. The fraction of sp³-hybridized carbons (Fsp3) is 0.500. The molecule has 1 N–H and O–H groups in total. The molecule has 1 saturated heterocycles. The number of aliphatic hydroxyl groups is 1. The minimum atomic E-state index is -0.508. The molecule has 0 aliphatic carbocycles. The van der Waals surface area contributed by atoms with Crippen LogP contribution in [-0.4, -0.2) is 62.2 Å². The molecule has 2 aromatic carbocycles. The molecule has 30 heavy (non-hydrogen) atoms. The number of aliphatic hydroxyl groups excluding tert-OH is 1. The van der Waals surface area contributed by atoms with Crippen molar-refractivity contribution in [3.63, 3.8) is 0 Å². The van der Waals surface area contributed by atoms with Crippen LogP contribution in [0.4, 0.5) is 5.69 Å². The zero-order chi connectivity index (χ0) is 21.5. The lowest BCUT2D eigenvalue weighted by Crippen LogP contribution is -2.47. The summed E-state index contributed by atoms with van der Waals surface area (Å²) in [5, 5.41) is 11.2. The van der Waals surface area contributed by atoms with Crippen molar-refractivity contribution in [3.8, 4) is 11.5 Å². The van der Waals surface area contributed by atoms with Gasteiger partial charge in [0.2, 0.25) is 0 Å². The number of benzene rings is 2. The molecule has 164 valence electrons. The summed E-state index contributed by atoms with van der Waals surface area (Å²) in [6.45, 7) is 9.42. The van der Waals surface area contributed by atoms with E-state index in [0.29, 0.717) is 23.2 Å². The number of rotatable bonds is 9. The molecular formula is C24H34N2O3S. The summed E-state index contributed by atoms with van der Waals surface area (Å²) in [6.07, 6.45) is 0.195. The molecule has 5 nitrogen and oxygen atoms in total. The van der Waals surface area contributed by atoms with E-state index in [1.165, 1.54) is 10.6 Å². The number of anilines is 1. The van der Waals surface area contributed by atoms with Crippen LogP contribution >= 0.6 is 11.8 Å². The monoisotopic (exact) mass is 430 g/mol. The average Bonchev–Trinajstić information content (AvgIpc) is 2.77. The van der Waals surface area contributed by atoms with Gasteiger partial charge in [0.05, 0.1) is 26.0 Å². The Hall–Kier alpha value is -1.89. The van der Waals surface area contributed by atoms with Gasteiger partial charge in [0.25, 0.3) is 0 Å². The van der Waals surface area contributed by atoms with Gasteiger partial charge >= 0.3 is 0 Å². The van der Waals surface area contributed by atoms with Gasteiger partial charge in [-0.15, -0.1) is 11.8 Å². The molecule has 0 amide bonds. The van der Waals surface area contributed by atoms with Gasteiger partial charge in [-0.2, -0.15) is 0 Å². The van der Waals surface area contributed by atoms with Gasteiger partial charge in [-0.05, 0) is 36.2 Å². The van der Waals surface area contributed by atoms with E-state index in [1.807, 2.05) is 30.0 Å². The topological polar surface area (TPSA) is 45.2 Å². The standard InChI is InChI=1S/C24H34N2O3S/c1-18(2)30-24-8-6-5-7-20(24)26-15-13-25(14-16-26)12-11-21(27)19-9-10-22(28-3)23(17-19)29-4/h5-10,17-18,21,27H,11-16H2,1-4H3/t21-/m0/s1. The molecule has 3 rings (SSSR count). The summed E-state index contributed by atoms with van der Waals surface area (Å²) >= 11 is 1.93. The lowest BCUT2D eigenvalue weighted by Gasteiger charge is -2.37. The quantitative estimate of drug-likeness (QED) is 0.593. The van der Waals surface area contributed by atoms with Crippen molar-refractivity contribution in [1.82, 2.24) is 4.90 Å². The number of hydrogen-bond acceptors (Lipinski definition) is 6. The van der Waals surface area contributed by atoms with Crippen molar-refractivity contribution < 1.29 is 14.6 Å². The van der Waals surface area contributed by atoms with Gasteiger partial charge in [0, 0.05) is 42.9 Å². The second-order valence-corrected chi connectivity index (χ2v) is 9.50.